The Balaban J connectivity index is 2.65. The zero-order valence-electron chi connectivity index (χ0n) is 9.67. The second-order valence-corrected chi connectivity index (χ2v) is 4.00. The third-order valence-electron chi connectivity index (χ3n) is 2.43. The van der Waals surface area contributed by atoms with Gasteiger partial charge in [-0.25, -0.2) is 0 Å². The number of rotatable bonds is 4. The van der Waals surface area contributed by atoms with Crippen molar-refractivity contribution in [2.24, 2.45) is 0 Å². The first kappa shape index (κ1) is 11.7. The minimum absolute atomic E-state index is 0.317. The van der Waals surface area contributed by atoms with Gasteiger partial charge in [0, 0.05) is 19.0 Å². The SMILES string of the molecule is Cc1cc(C)cc(C(C)NCCC#N)c1. The molecular formula is C13H18N2. The number of nitrogens with one attached hydrogen (secondary N) is 1. The summed E-state index contributed by atoms with van der Waals surface area (Å²) in [5.74, 6) is 0. The average Bonchev–Trinajstić information content (AvgIpc) is 2.16. The molecular weight excluding hydrogens is 184 g/mol. The molecule has 0 spiro atoms. The summed E-state index contributed by atoms with van der Waals surface area (Å²) in [6.45, 7) is 7.10. The van der Waals surface area contributed by atoms with Gasteiger partial charge in [-0.15, -0.1) is 0 Å². The molecule has 1 aromatic carbocycles. The molecule has 1 aromatic rings. The van der Waals surface area contributed by atoms with Gasteiger partial charge in [0.25, 0.3) is 0 Å². The van der Waals surface area contributed by atoms with Gasteiger partial charge in [-0.3, -0.25) is 0 Å². The van der Waals surface area contributed by atoms with Crippen LogP contribution in [0.5, 0.6) is 0 Å². The lowest BCUT2D eigenvalue weighted by Gasteiger charge is -2.14. The number of benzene rings is 1. The highest BCUT2D eigenvalue weighted by Gasteiger charge is 2.04. The van der Waals surface area contributed by atoms with E-state index in [9.17, 15) is 0 Å². The Labute approximate surface area is 91.9 Å². The highest BCUT2D eigenvalue weighted by molar-refractivity contribution is 5.30. The molecule has 2 heteroatoms. The minimum atomic E-state index is 0.317. The summed E-state index contributed by atoms with van der Waals surface area (Å²) >= 11 is 0. The molecule has 0 fully saturated rings. The summed E-state index contributed by atoms with van der Waals surface area (Å²) in [5, 5.41) is 11.8. The van der Waals surface area contributed by atoms with E-state index in [1.807, 2.05) is 0 Å². The molecule has 80 valence electrons. The summed E-state index contributed by atoms with van der Waals surface area (Å²) in [5.41, 5.74) is 3.88. The van der Waals surface area contributed by atoms with E-state index < -0.39 is 0 Å². The van der Waals surface area contributed by atoms with Crippen molar-refractivity contribution in [3.8, 4) is 6.07 Å². The third-order valence-corrected chi connectivity index (χ3v) is 2.43. The van der Waals surface area contributed by atoms with Crippen molar-refractivity contribution in [1.82, 2.24) is 5.32 Å². The van der Waals surface area contributed by atoms with Crippen molar-refractivity contribution in [3.05, 3.63) is 34.9 Å². The predicted molar refractivity (Wildman–Crippen MR) is 62.6 cm³/mol. The molecule has 0 bridgehead atoms. The fourth-order valence-corrected chi connectivity index (χ4v) is 1.72. The molecule has 1 rings (SSSR count). The van der Waals surface area contributed by atoms with Gasteiger partial charge in [0.05, 0.1) is 6.07 Å². The molecule has 1 N–H and O–H groups in total. The van der Waals surface area contributed by atoms with Crippen LogP contribution >= 0.6 is 0 Å². The topological polar surface area (TPSA) is 35.8 Å². The number of nitrogens with zero attached hydrogens (tertiary/aromatic N) is 1. The normalized spacial score (nSPS) is 12.1. The molecule has 0 aliphatic rings. The molecule has 0 saturated carbocycles. The fraction of sp³-hybridized carbons (Fsp3) is 0.462. The van der Waals surface area contributed by atoms with Crippen LogP contribution < -0.4 is 5.32 Å². The number of nitriles is 1. The molecule has 0 amide bonds. The Morgan fingerprint density at radius 2 is 1.87 bits per heavy atom. The molecule has 15 heavy (non-hydrogen) atoms. The average molecular weight is 202 g/mol. The van der Waals surface area contributed by atoms with Crippen molar-refractivity contribution in [2.45, 2.75) is 33.2 Å². The molecule has 1 unspecified atom stereocenters. The van der Waals surface area contributed by atoms with Crippen LogP contribution in [0.2, 0.25) is 0 Å². The first-order valence-corrected chi connectivity index (χ1v) is 5.32. The van der Waals surface area contributed by atoms with Gasteiger partial charge in [0.1, 0.15) is 0 Å². The molecule has 0 heterocycles. The lowest BCUT2D eigenvalue weighted by molar-refractivity contribution is 0.582. The van der Waals surface area contributed by atoms with Crippen LogP contribution in [0, 0.1) is 25.2 Å². The van der Waals surface area contributed by atoms with Crippen LogP contribution in [0.15, 0.2) is 18.2 Å². The lowest BCUT2D eigenvalue weighted by atomic mass is 10.0. The van der Waals surface area contributed by atoms with Crippen LogP contribution in [0.1, 0.15) is 36.1 Å². The zero-order chi connectivity index (χ0) is 11.3. The van der Waals surface area contributed by atoms with Gasteiger partial charge in [-0.2, -0.15) is 5.26 Å². The van der Waals surface area contributed by atoms with Gasteiger partial charge in [0.15, 0.2) is 0 Å². The Bertz CT molecular complexity index is 343. The Morgan fingerprint density at radius 3 is 2.40 bits per heavy atom. The summed E-state index contributed by atoms with van der Waals surface area (Å²) < 4.78 is 0. The van der Waals surface area contributed by atoms with Gasteiger partial charge in [0.2, 0.25) is 0 Å². The maximum atomic E-state index is 8.45. The molecule has 0 aliphatic heterocycles. The first-order chi connectivity index (χ1) is 7.13. The van der Waals surface area contributed by atoms with Crippen LogP contribution in [0.3, 0.4) is 0 Å². The lowest BCUT2D eigenvalue weighted by Crippen LogP contribution is -2.19. The predicted octanol–water partition coefficient (Wildman–Crippen LogP) is 2.87. The van der Waals surface area contributed by atoms with E-state index in [4.69, 9.17) is 5.26 Å². The smallest absolute Gasteiger partial charge is 0.0635 e. The Kier molecular flexibility index (Phi) is 4.33. The van der Waals surface area contributed by atoms with E-state index in [-0.39, 0.29) is 0 Å². The highest BCUT2D eigenvalue weighted by Crippen LogP contribution is 2.16. The van der Waals surface area contributed by atoms with Crippen LogP contribution in [0.25, 0.3) is 0 Å². The third kappa shape index (κ3) is 3.73. The van der Waals surface area contributed by atoms with E-state index in [1.54, 1.807) is 0 Å². The number of hydrogen-bond donors (Lipinski definition) is 1. The van der Waals surface area contributed by atoms with Gasteiger partial charge in [-0.05, 0) is 26.3 Å². The maximum Gasteiger partial charge on any atom is 0.0635 e. The second-order valence-electron chi connectivity index (χ2n) is 4.00. The monoisotopic (exact) mass is 202 g/mol. The van der Waals surface area contributed by atoms with Crippen molar-refractivity contribution in [2.75, 3.05) is 6.54 Å². The second kappa shape index (κ2) is 5.53. The highest BCUT2D eigenvalue weighted by atomic mass is 14.9. The number of hydrogen-bond acceptors (Lipinski definition) is 2. The van der Waals surface area contributed by atoms with E-state index in [0.717, 1.165) is 6.54 Å². The van der Waals surface area contributed by atoms with Gasteiger partial charge >= 0.3 is 0 Å². The number of aryl methyl sites for hydroxylation is 2. The molecule has 0 aromatic heterocycles. The van der Waals surface area contributed by atoms with E-state index >= 15 is 0 Å². The van der Waals surface area contributed by atoms with E-state index in [0.29, 0.717) is 12.5 Å². The fourth-order valence-electron chi connectivity index (χ4n) is 1.72. The van der Waals surface area contributed by atoms with Crippen molar-refractivity contribution in [3.63, 3.8) is 0 Å². The molecule has 2 nitrogen and oxygen atoms in total. The first-order valence-electron chi connectivity index (χ1n) is 5.32. The molecule has 0 radical (unpaired) electrons. The molecule has 0 aliphatic carbocycles. The van der Waals surface area contributed by atoms with E-state index in [1.165, 1.54) is 16.7 Å². The van der Waals surface area contributed by atoms with Gasteiger partial charge in [-0.1, -0.05) is 29.3 Å². The van der Waals surface area contributed by atoms with Gasteiger partial charge < -0.3 is 5.32 Å². The quantitative estimate of drug-likeness (QED) is 0.762. The summed E-state index contributed by atoms with van der Waals surface area (Å²) in [7, 11) is 0. The maximum absolute atomic E-state index is 8.45. The van der Waals surface area contributed by atoms with Crippen LogP contribution in [0.4, 0.5) is 0 Å². The summed E-state index contributed by atoms with van der Waals surface area (Å²) in [6, 6.07) is 9.01. The van der Waals surface area contributed by atoms with Crippen LogP contribution in [-0.4, -0.2) is 6.54 Å². The summed E-state index contributed by atoms with van der Waals surface area (Å²) in [6.07, 6.45) is 0.565. The molecule has 1 atom stereocenters. The molecule has 0 saturated heterocycles. The van der Waals surface area contributed by atoms with E-state index in [2.05, 4.69) is 50.4 Å². The Morgan fingerprint density at radius 1 is 1.27 bits per heavy atom. The minimum Gasteiger partial charge on any atom is -0.309 e. The van der Waals surface area contributed by atoms with Crippen LogP contribution in [-0.2, 0) is 0 Å². The Hall–Kier alpha value is -1.33. The standard InChI is InChI=1S/C13H18N2/c1-10-7-11(2)9-13(8-10)12(3)15-6-4-5-14/h7-9,12,15H,4,6H2,1-3H3. The zero-order valence-corrected chi connectivity index (χ0v) is 9.67. The summed E-state index contributed by atoms with van der Waals surface area (Å²) in [4.78, 5) is 0. The van der Waals surface area contributed by atoms with Crippen molar-refractivity contribution in [1.29, 1.82) is 5.26 Å². The van der Waals surface area contributed by atoms with Crippen molar-refractivity contribution >= 4 is 0 Å². The van der Waals surface area contributed by atoms with Crippen molar-refractivity contribution < 1.29 is 0 Å². The largest absolute Gasteiger partial charge is 0.309 e.